The Balaban J connectivity index is 1.84. The molecule has 0 radical (unpaired) electrons. The van der Waals surface area contributed by atoms with Crippen LogP contribution in [0.15, 0.2) is 75.5 Å². The van der Waals surface area contributed by atoms with Crippen molar-refractivity contribution in [1.29, 1.82) is 5.26 Å². The first-order valence-corrected chi connectivity index (χ1v) is 11.1. The minimum Gasteiger partial charge on any atom is -0.493 e. The number of nitrogens with two attached hydrogens (primary N) is 1. The predicted octanol–water partition coefficient (Wildman–Crippen LogP) is 4.12. The second-order valence-electron chi connectivity index (χ2n) is 7.26. The van der Waals surface area contributed by atoms with E-state index in [4.69, 9.17) is 15.2 Å². The van der Waals surface area contributed by atoms with Crippen LogP contribution < -0.4 is 20.5 Å². The summed E-state index contributed by atoms with van der Waals surface area (Å²) in [7, 11) is 1.57. The van der Waals surface area contributed by atoms with Crippen LogP contribution in [-0.4, -0.2) is 29.7 Å². The molecule has 0 spiro atoms. The highest BCUT2D eigenvalue weighted by Crippen LogP contribution is 2.46. The number of methoxy groups -OCH3 is 1. The van der Waals surface area contributed by atoms with Gasteiger partial charge in [0.2, 0.25) is 0 Å². The molecule has 0 unspecified atom stereocenters. The minimum atomic E-state index is -0.607. The van der Waals surface area contributed by atoms with Crippen LogP contribution in [0.25, 0.3) is 0 Å². The van der Waals surface area contributed by atoms with E-state index in [-0.39, 0.29) is 11.7 Å². The highest BCUT2D eigenvalue weighted by Gasteiger charge is 2.42. The Morgan fingerprint density at radius 2 is 2.03 bits per heavy atom. The van der Waals surface area contributed by atoms with Gasteiger partial charge in [-0.3, -0.25) is 9.69 Å². The Kier molecular flexibility index (Phi) is 6.29. The molecule has 0 bridgehead atoms. The Bertz CT molecular complexity index is 1230. The monoisotopic (exact) mass is 461 g/mol. The van der Waals surface area contributed by atoms with Crippen molar-refractivity contribution in [3.8, 4) is 17.6 Å². The molecule has 1 amide bonds. The first-order chi connectivity index (χ1) is 16.0. The molecule has 9 heteroatoms. The summed E-state index contributed by atoms with van der Waals surface area (Å²) < 4.78 is 11.2. The number of carbonyl (C=O) groups is 1. The lowest BCUT2D eigenvalue weighted by Crippen LogP contribution is -2.39. The molecule has 168 valence electrons. The lowest BCUT2D eigenvalue weighted by molar-refractivity contribution is -0.113. The SMILES string of the molecule is CCOc1cc([C@@H]2C(C(=O)Nc3ccccc3)=C(C)N=C3SC(C#N)=C(N)N32)ccc1OC. The number of thioether (sulfide) groups is 1. The third kappa shape index (κ3) is 4.13. The number of hydrogen-bond acceptors (Lipinski definition) is 8. The van der Waals surface area contributed by atoms with E-state index in [1.807, 2.05) is 49.4 Å². The largest absolute Gasteiger partial charge is 0.493 e. The van der Waals surface area contributed by atoms with Crippen LogP contribution in [0.1, 0.15) is 25.5 Å². The van der Waals surface area contributed by atoms with Gasteiger partial charge < -0.3 is 20.5 Å². The van der Waals surface area contributed by atoms with Gasteiger partial charge in [0.15, 0.2) is 16.7 Å². The normalized spacial score (nSPS) is 17.3. The number of nitrogens with zero attached hydrogens (tertiary/aromatic N) is 3. The Hall–Kier alpha value is -3.90. The molecule has 0 aromatic heterocycles. The average Bonchev–Trinajstić information content (AvgIpc) is 3.13. The maximum Gasteiger partial charge on any atom is 0.255 e. The summed E-state index contributed by atoms with van der Waals surface area (Å²) in [6.45, 7) is 4.12. The van der Waals surface area contributed by atoms with Crippen LogP contribution in [-0.2, 0) is 4.79 Å². The number of amidine groups is 1. The zero-order chi connectivity index (χ0) is 23.5. The number of anilines is 1. The van der Waals surface area contributed by atoms with Crippen LogP contribution in [0.4, 0.5) is 5.69 Å². The van der Waals surface area contributed by atoms with Crippen molar-refractivity contribution in [3.05, 3.63) is 76.1 Å². The summed E-state index contributed by atoms with van der Waals surface area (Å²) in [4.78, 5) is 20.2. The summed E-state index contributed by atoms with van der Waals surface area (Å²) in [5.74, 6) is 1.09. The maximum absolute atomic E-state index is 13.5. The van der Waals surface area contributed by atoms with E-state index in [9.17, 15) is 10.1 Å². The van der Waals surface area contributed by atoms with Crippen LogP contribution >= 0.6 is 11.8 Å². The van der Waals surface area contributed by atoms with E-state index in [0.717, 1.165) is 5.56 Å². The zero-order valence-electron chi connectivity index (χ0n) is 18.5. The number of nitriles is 1. The predicted molar refractivity (Wildman–Crippen MR) is 128 cm³/mol. The zero-order valence-corrected chi connectivity index (χ0v) is 19.3. The second kappa shape index (κ2) is 9.30. The number of rotatable bonds is 6. The first kappa shape index (κ1) is 22.3. The molecule has 33 heavy (non-hydrogen) atoms. The molecular weight excluding hydrogens is 438 g/mol. The van der Waals surface area contributed by atoms with Crippen LogP contribution in [0.5, 0.6) is 11.5 Å². The molecule has 0 saturated carbocycles. The molecule has 2 aliphatic rings. The number of benzene rings is 2. The Morgan fingerprint density at radius 3 is 2.70 bits per heavy atom. The van der Waals surface area contributed by atoms with Gasteiger partial charge in [-0.2, -0.15) is 5.26 Å². The lowest BCUT2D eigenvalue weighted by atomic mass is 9.93. The fourth-order valence-corrected chi connectivity index (χ4v) is 4.71. The van der Waals surface area contributed by atoms with E-state index >= 15 is 0 Å². The minimum absolute atomic E-state index is 0.262. The van der Waals surface area contributed by atoms with E-state index < -0.39 is 6.04 Å². The molecule has 2 aromatic carbocycles. The van der Waals surface area contributed by atoms with Crippen molar-refractivity contribution in [2.75, 3.05) is 19.0 Å². The molecule has 2 aromatic rings. The molecule has 0 aliphatic carbocycles. The fraction of sp³-hybridized carbons (Fsp3) is 0.208. The molecule has 2 aliphatic heterocycles. The van der Waals surface area contributed by atoms with E-state index in [1.165, 1.54) is 11.8 Å². The van der Waals surface area contributed by atoms with E-state index in [1.54, 1.807) is 25.0 Å². The summed E-state index contributed by atoms with van der Waals surface area (Å²) in [5.41, 5.74) is 8.76. The van der Waals surface area contributed by atoms with Crippen molar-refractivity contribution < 1.29 is 14.3 Å². The smallest absolute Gasteiger partial charge is 0.255 e. The van der Waals surface area contributed by atoms with Gasteiger partial charge in [-0.1, -0.05) is 24.3 Å². The topological polar surface area (TPSA) is 113 Å². The molecular formula is C24H23N5O3S. The number of hydrogen-bond donors (Lipinski definition) is 2. The fourth-order valence-electron chi connectivity index (χ4n) is 3.80. The number of allylic oxidation sites excluding steroid dienone is 2. The van der Waals surface area contributed by atoms with Crippen LogP contribution in [0.2, 0.25) is 0 Å². The number of fused-ring (bicyclic) bond motifs is 1. The number of aliphatic imine (C=N–C) groups is 1. The third-order valence-electron chi connectivity index (χ3n) is 5.26. The average molecular weight is 462 g/mol. The van der Waals surface area contributed by atoms with Crippen LogP contribution in [0.3, 0.4) is 0 Å². The number of nitrogens with one attached hydrogen (secondary N) is 1. The second-order valence-corrected chi connectivity index (χ2v) is 8.24. The van der Waals surface area contributed by atoms with Crippen LogP contribution in [0, 0.1) is 11.3 Å². The number of carbonyl (C=O) groups excluding carboxylic acids is 1. The Morgan fingerprint density at radius 1 is 1.27 bits per heavy atom. The highest BCUT2D eigenvalue weighted by molar-refractivity contribution is 8.17. The van der Waals surface area contributed by atoms with Gasteiger partial charge in [-0.15, -0.1) is 0 Å². The van der Waals surface area contributed by atoms with Gasteiger partial charge in [0.25, 0.3) is 5.91 Å². The summed E-state index contributed by atoms with van der Waals surface area (Å²) in [5, 5.41) is 13.0. The molecule has 3 N–H and O–H groups in total. The van der Waals surface area contributed by atoms with E-state index in [0.29, 0.717) is 45.1 Å². The standard InChI is InChI=1S/C24H23N5O3S/c1-4-32-18-12-15(10-11-17(18)31-3)21-20(23(30)28-16-8-6-5-7-9-16)14(2)27-24-29(21)22(26)19(13-25)33-24/h5-12,21H,4,26H2,1-3H3,(H,28,30)/t21-/m1/s1. The number of para-hydroxylation sites is 1. The molecule has 4 rings (SSSR count). The molecule has 8 nitrogen and oxygen atoms in total. The first-order valence-electron chi connectivity index (χ1n) is 10.3. The molecule has 2 heterocycles. The molecule has 0 saturated heterocycles. The van der Waals surface area contributed by atoms with E-state index in [2.05, 4.69) is 16.4 Å². The third-order valence-corrected chi connectivity index (χ3v) is 6.23. The Labute approximate surface area is 196 Å². The van der Waals surface area contributed by atoms with Gasteiger partial charge >= 0.3 is 0 Å². The maximum atomic E-state index is 13.5. The van der Waals surface area contributed by atoms with Gasteiger partial charge in [0.1, 0.15) is 16.8 Å². The highest BCUT2D eigenvalue weighted by atomic mass is 32.2. The van der Waals surface area contributed by atoms with Gasteiger partial charge in [-0.05, 0) is 55.4 Å². The van der Waals surface area contributed by atoms with Gasteiger partial charge in [-0.25, -0.2) is 4.99 Å². The van der Waals surface area contributed by atoms with Gasteiger partial charge in [0, 0.05) is 5.69 Å². The van der Waals surface area contributed by atoms with Crippen molar-refractivity contribution in [2.24, 2.45) is 10.7 Å². The molecule has 0 fully saturated rings. The quantitative estimate of drug-likeness (QED) is 0.665. The number of amides is 1. The lowest BCUT2D eigenvalue weighted by Gasteiger charge is -2.35. The summed E-state index contributed by atoms with van der Waals surface area (Å²) in [6, 6.07) is 16.2. The molecule has 1 atom stereocenters. The van der Waals surface area contributed by atoms with Crippen molar-refractivity contribution >= 4 is 28.5 Å². The summed E-state index contributed by atoms with van der Waals surface area (Å²) >= 11 is 1.19. The van der Waals surface area contributed by atoms with Crippen molar-refractivity contribution in [2.45, 2.75) is 19.9 Å². The van der Waals surface area contributed by atoms with Crippen molar-refractivity contribution in [1.82, 2.24) is 4.90 Å². The van der Waals surface area contributed by atoms with Gasteiger partial charge in [0.05, 0.1) is 31.0 Å². The number of ether oxygens (including phenoxy) is 2. The van der Waals surface area contributed by atoms with Crippen molar-refractivity contribution in [3.63, 3.8) is 0 Å². The summed E-state index contributed by atoms with van der Waals surface area (Å²) in [6.07, 6.45) is 0.